The molecule has 0 aliphatic heterocycles. The number of hydrogen-bond donors (Lipinski definition) is 1. The zero-order valence-electron chi connectivity index (χ0n) is 12.6. The molecule has 0 amide bonds. The van der Waals surface area contributed by atoms with Crippen LogP contribution in [0.2, 0.25) is 0 Å². The minimum atomic E-state index is -0.0604. The van der Waals surface area contributed by atoms with Crippen LogP contribution in [0.4, 0.5) is 5.82 Å². The van der Waals surface area contributed by atoms with Gasteiger partial charge < -0.3 is 5.32 Å². The van der Waals surface area contributed by atoms with E-state index >= 15 is 0 Å². The fourth-order valence-electron chi connectivity index (χ4n) is 1.91. The van der Waals surface area contributed by atoms with Gasteiger partial charge in [-0.05, 0) is 18.6 Å². The highest BCUT2D eigenvalue weighted by Crippen LogP contribution is 2.21. The summed E-state index contributed by atoms with van der Waals surface area (Å²) in [6, 6.07) is 6.04. The molecule has 20 heavy (non-hydrogen) atoms. The molecular weight excluding hydrogens is 248 g/mol. The highest BCUT2D eigenvalue weighted by Gasteiger charge is 2.19. The van der Waals surface area contributed by atoms with Gasteiger partial charge in [-0.3, -0.25) is 4.98 Å². The van der Waals surface area contributed by atoms with E-state index in [1.54, 1.807) is 6.20 Å². The van der Waals surface area contributed by atoms with Crippen LogP contribution in [0.1, 0.15) is 44.8 Å². The number of hydrogen-bond acceptors (Lipinski definition) is 4. The van der Waals surface area contributed by atoms with Crippen molar-refractivity contribution in [2.45, 2.75) is 39.5 Å². The molecule has 0 fully saturated rings. The van der Waals surface area contributed by atoms with Crippen LogP contribution in [-0.4, -0.2) is 21.5 Å². The molecule has 0 aliphatic carbocycles. The van der Waals surface area contributed by atoms with Gasteiger partial charge in [-0.2, -0.15) is 0 Å². The van der Waals surface area contributed by atoms with Crippen LogP contribution in [0.25, 0.3) is 0 Å². The summed E-state index contributed by atoms with van der Waals surface area (Å²) in [5.41, 5.74) is 2.12. The quantitative estimate of drug-likeness (QED) is 0.927. The maximum absolute atomic E-state index is 4.70. The molecule has 1 N–H and O–H groups in total. The molecule has 0 saturated carbocycles. The molecule has 0 aromatic carbocycles. The number of nitrogens with one attached hydrogen (secondary N) is 1. The molecule has 106 valence electrons. The average molecular weight is 270 g/mol. The van der Waals surface area contributed by atoms with Crippen LogP contribution in [0.15, 0.2) is 30.6 Å². The Bertz CT molecular complexity index is 558. The lowest BCUT2D eigenvalue weighted by Crippen LogP contribution is -2.18. The van der Waals surface area contributed by atoms with Gasteiger partial charge in [0, 0.05) is 36.8 Å². The molecule has 0 spiro atoms. The normalized spacial score (nSPS) is 11.4. The molecule has 2 heterocycles. The topological polar surface area (TPSA) is 50.7 Å². The molecule has 0 unspecified atom stereocenters. The molecule has 0 radical (unpaired) electrons. The second-order valence-corrected chi connectivity index (χ2v) is 5.89. The first kappa shape index (κ1) is 14.4. The minimum Gasteiger partial charge on any atom is -0.370 e. The van der Waals surface area contributed by atoms with Gasteiger partial charge in [0.05, 0.1) is 5.69 Å². The SMILES string of the molecule is CCNc1cc(Cc2cccnc2)nc(C(C)(C)C)n1. The van der Waals surface area contributed by atoms with E-state index in [0.29, 0.717) is 0 Å². The third-order valence-electron chi connectivity index (χ3n) is 2.92. The Morgan fingerprint density at radius 2 is 2.00 bits per heavy atom. The molecule has 0 aliphatic rings. The summed E-state index contributed by atoms with van der Waals surface area (Å²) in [6.07, 6.45) is 4.44. The van der Waals surface area contributed by atoms with E-state index in [1.165, 1.54) is 0 Å². The molecule has 0 saturated heterocycles. The molecular formula is C16H22N4. The van der Waals surface area contributed by atoms with Gasteiger partial charge in [0.15, 0.2) is 0 Å². The zero-order chi connectivity index (χ0) is 14.6. The van der Waals surface area contributed by atoms with E-state index in [-0.39, 0.29) is 5.41 Å². The van der Waals surface area contributed by atoms with Gasteiger partial charge in [0.25, 0.3) is 0 Å². The second kappa shape index (κ2) is 5.99. The fourth-order valence-corrected chi connectivity index (χ4v) is 1.91. The molecule has 0 atom stereocenters. The van der Waals surface area contributed by atoms with Crippen LogP contribution < -0.4 is 5.32 Å². The van der Waals surface area contributed by atoms with Crippen molar-refractivity contribution in [3.05, 3.63) is 47.7 Å². The second-order valence-electron chi connectivity index (χ2n) is 5.89. The lowest BCUT2D eigenvalue weighted by molar-refractivity contribution is 0.543. The van der Waals surface area contributed by atoms with E-state index in [0.717, 1.165) is 35.9 Å². The van der Waals surface area contributed by atoms with Crippen molar-refractivity contribution < 1.29 is 0 Å². The van der Waals surface area contributed by atoms with Gasteiger partial charge in [0.1, 0.15) is 11.6 Å². The molecule has 2 aromatic heterocycles. The van der Waals surface area contributed by atoms with E-state index in [2.05, 4.69) is 49.0 Å². The average Bonchev–Trinajstić information content (AvgIpc) is 2.39. The Hall–Kier alpha value is -1.97. The van der Waals surface area contributed by atoms with Gasteiger partial charge >= 0.3 is 0 Å². The first-order chi connectivity index (χ1) is 9.49. The Morgan fingerprint density at radius 1 is 1.20 bits per heavy atom. The smallest absolute Gasteiger partial charge is 0.136 e. The molecule has 2 rings (SSSR count). The van der Waals surface area contributed by atoms with Crippen molar-refractivity contribution in [3.63, 3.8) is 0 Å². The van der Waals surface area contributed by atoms with Crippen LogP contribution in [-0.2, 0) is 11.8 Å². The Kier molecular flexibility index (Phi) is 4.32. The lowest BCUT2D eigenvalue weighted by atomic mass is 9.95. The van der Waals surface area contributed by atoms with Gasteiger partial charge in [-0.25, -0.2) is 9.97 Å². The molecule has 2 aromatic rings. The number of rotatable bonds is 4. The summed E-state index contributed by atoms with van der Waals surface area (Å²) >= 11 is 0. The van der Waals surface area contributed by atoms with E-state index in [1.807, 2.05) is 18.3 Å². The maximum atomic E-state index is 4.70. The Balaban J connectivity index is 2.34. The van der Waals surface area contributed by atoms with E-state index in [9.17, 15) is 0 Å². The van der Waals surface area contributed by atoms with Crippen molar-refractivity contribution in [1.29, 1.82) is 0 Å². The molecule has 4 nitrogen and oxygen atoms in total. The summed E-state index contributed by atoms with van der Waals surface area (Å²) in [5.74, 6) is 1.76. The third kappa shape index (κ3) is 3.76. The number of anilines is 1. The third-order valence-corrected chi connectivity index (χ3v) is 2.92. The van der Waals surface area contributed by atoms with Gasteiger partial charge in [-0.15, -0.1) is 0 Å². The van der Waals surface area contributed by atoms with Crippen LogP contribution in [0, 0.1) is 0 Å². The van der Waals surface area contributed by atoms with E-state index in [4.69, 9.17) is 4.98 Å². The van der Waals surface area contributed by atoms with Crippen molar-refractivity contribution >= 4 is 5.82 Å². The first-order valence-corrected chi connectivity index (χ1v) is 7.00. The number of pyridine rings is 1. The highest BCUT2D eigenvalue weighted by atomic mass is 15.0. The zero-order valence-corrected chi connectivity index (χ0v) is 12.6. The first-order valence-electron chi connectivity index (χ1n) is 7.00. The van der Waals surface area contributed by atoms with Gasteiger partial charge in [0.2, 0.25) is 0 Å². The van der Waals surface area contributed by atoms with E-state index < -0.39 is 0 Å². The highest BCUT2D eigenvalue weighted by molar-refractivity contribution is 5.38. The number of nitrogens with zero attached hydrogens (tertiary/aromatic N) is 3. The summed E-state index contributed by atoms with van der Waals surface area (Å²) < 4.78 is 0. The predicted octanol–water partition coefficient (Wildman–Crippen LogP) is 3.19. The van der Waals surface area contributed by atoms with Crippen molar-refractivity contribution in [2.75, 3.05) is 11.9 Å². The standard InChI is InChI=1S/C16H22N4/c1-5-18-14-10-13(9-12-7-6-8-17-11-12)19-15(20-14)16(2,3)4/h6-8,10-11H,5,9H2,1-4H3,(H,18,19,20). The van der Waals surface area contributed by atoms with Gasteiger partial charge in [-0.1, -0.05) is 26.8 Å². The lowest BCUT2D eigenvalue weighted by Gasteiger charge is -2.19. The Labute approximate surface area is 120 Å². The molecule has 4 heteroatoms. The minimum absolute atomic E-state index is 0.0604. The van der Waals surface area contributed by atoms with Crippen LogP contribution in [0.5, 0.6) is 0 Å². The summed E-state index contributed by atoms with van der Waals surface area (Å²) in [7, 11) is 0. The van der Waals surface area contributed by atoms with Crippen LogP contribution >= 0.6 is 0 Å². The predicted molar refractivity (Wildman–Crippen MR) is 81.9 cm³/mol. The van der Waals surface area contributed by atoms with Crippen molar-refractivity contribution in [1.82, 2.24) is 15.0 Å². The summed E-state index contributed by atoms with van der Waals surface area (Å²) in [6.45, 7) is 9.32. The largest absolute Gasteiger partial charge is 0.370 e. The fraction of sp³-hybridized carbons (Fsp3) is 0.438. The van der Waals surface area contributed by atoms with Crippen molar-refractivity contribution in [3.8, 4) is 0 Å². The van der Waals surface area contributed by atoms with Crippen molar-refractivity contribution in [2.24, 2.45) is 0 Å². The number of aromatic nitrogens is 3. The maximum Gasteiger partial charge on any atom is 0.136 e. The van der Waals surface area contributed by atoms with Crippen LogP contribution in [0.3, 0.4) is 0 Å². The Morgan fingerprint density at radius 3 is 2.60 bits per heavy atom. The molecule has 0 bridgehead atoms. The summed E-state index contributed by atoms with van der Waals surface area (Å²) in [4.78, 5) is 13.5. The summed E-state index contributed by atoms with van der Waals surface area (Å²) in [5, 5.41) is 3.28. The monoisotopic (exact) mass is 270 g/mol.